The third kappa shape index (κ3) is 2.66. The lowest BCUT2D eigenvalue weighted by molar-refractivity contribution is 0.503. The first-order valence-corrected chi connectivity index (χ1v) is 6.40. The Morgan fingerprint density at radius 2 is 2.18 bits per heavy atom. The highest BCUT2D eigenvalue weighted by Gasteiger charge is 2.22. The second-order valence-corrected chi connectivity index (χ2v) is 5.03. The van der Waals surface area contributed by atoms with E-state index in [9.17, 15) is 0 Å². The second kappa shape index (κ2) is 4.49. The van der Waals surface area contributed by atoms with E-state index in [1.807, 2.05) is 6.07 Å². The highest BCUT2D eigenvalue weighted by Crippen LogP contribution is 2.25. The quantitative estimate of drug-likeness (QED) is 0.814. The van der Waals surface area contributed by atoms with Crippen LogP contribution in [0.4, 0.5) is 11.6 Å². The molecule has 5 heteroatoms. The first-order valence-electron chi connectivity index (χ1n) is 6.40. The fourth-order valence-corrected chi connectivity index (χ4v) is 2.25. The van der Waals surface area contributed by atoms with Crippen molar-refractivity contribution in [2.75, 3.05) is 23.3 Å². The summed E-state index contributed by atoms with van der Waals surface area (Å²) in [6.45, 7) is 1.95. The van der Waals surface area contributed by atoms with Crippen molar-refractivity contribution in [2.24, 2.45) is 5.73 Å². The van der Waals surface area contributed by atoms with Crippen LogP contribution in [0, 0.1) is 0 Å². The number of aromatic nitrogens is 2. The maximum Gasteiger partial charge on any atom is 0.134 e. The van der Waals surface area contributed by atoms with Crippen molar-refractivity contribution >= 4 is 11.6 Å². The van der Waals surface area contributed by atoms with E-state index in [2.05, 4.69) is 20.2 Å². The normalized spacial score (nSPS) is 24.8. The number of nitrogens with two attached hydrogens (primary N) is 1. The summed E-state index contributed by atoms with van der Waals surface area (Å²) < 4.78 is 0. The van der Waals surface area contributed by atoms with Crippen LogP contribution in [0.25, 0.3) is 0 Å². The maximum absolute atomic E-state index is 5.99. The maximum atomic E-state index is 5.99. The molecule has 0 radical (unpaired) electrons. The van der Waals surface area contributed by atoms with E-state index in [-0.39, 0.29) is 6.04 Å². The molecule has 3 N–H and O–H groups in total. The summed E-state index contributed by atoms with van der Waals surface area (Å²) in [7, 11) is 0. The van der Waals surface area contributed by atoms with Crippen molar-refractivity contribution < 1.29 is 0 Å². The van der Waals surface area contributed by atoms with Crippen LogP contribution >= 0.6 is 0 Å². The van der Waals surface area contributed by atoms with Gasteiger partial charge in [-0.25, -0.2) is 9.97 Å². The summed E-state index contributed by atoms with van der Waals surface area (Å²) in [6, 6.07) is 2.94. The third-order valence-electron chi connectivity index (χ3n) is 3.36. The summed E-state index contributed by atoms with van der Waals surface area (Å²) in [5.74, 6) is 1.94. The Bertz CT molecular complexity index is 390. The fourth-order valence-electron chi connectivity index (χ4n) is 2.25. The Kier molecular flexibility index (Phi) is 2.84. The van der Waals surface area contributed by atoms with Gasteiger partial charge in [-0.1, -0.05) is 0 Å². The molecule has 1 atom stereocenters. The Labute approximate surface area is 101 Å². The highest BCUT2D eigenvalue weighted by molar-refractivity contribution is 5.49. The van der Waals surface area contributed by atoms with Gasteiger partial charge in [0.2, 0.25) is 0 Å². The molecule has 1 aromatic rings. The zero-order chi connectivity index (χ0) is 11.7. The van der Waals surface area contributed by atoms with Crippen LogP contribution < -0.4 is 16.0 Å². The topological polar surface area (TPSA) is 67.1 Å². The van der Waals surface area contributed by atoms with Gasteiger partial charge in [0.15, 0.2) is 0 Å². The van der Waals surface area contributed by atoms with Crippen molar-refractivity contribution in [1.29, 1.82) is 0 Å². The van der Waals surface area contributed by atoms with E-state index < -0.39 is 0 Å². The van der Waals surface area contributed by atoms with Crippen molar-refractivity contribution in [3.63, 3.8) is 0 Å². The van der Waals surface area contributed by atoms with E-state index in [4.69, 9.17) is 5.73 Å². The molecule has 0 aromatic carbocycles. The highest BCUT2D eigenvalue weighted by atomic mass is 15.2. The van der Waals surface area contributed by atoms with Gasteiger partial charge in [0, 0.05) is 31.2 Å². The van der Waals surface area contributed by atoms with E-state index in [0.29, 0.717) is 6.04 Å². The molecule has 2 heterocycles. The lowest BCUT2D eigenvalue weighted by Gasteiger charge is -2.31. The molecule has 0 spiro atoms. The monoisotopic (exact) mass is 233 g/mol. The molecule has 2 aliphatic rings. The van der Waals surface area contributed by atoms with Crippen LogP contribution in [0.3, 0.4) is 0 Å². The molecule has 0 amide bonds. The van der Waals surface area contributed by atoms with Crippen molar-refractivity contribution in [3.8, 4) is 0 Å². The van der Waals surface area contributed by atoms with Gasteiger partial charge in [-0.2, -0.15) is 0 Å². The lowest BCUT2D eigenvalue weighted by atomic mass is 10.1. The summed E-state index contributed by atoms with van der Waals surface area (Å²) >= 11 is 0. The Morgan fingerprint density at radius 1 is 1.29 bits per heavy atom. The van der Waals surface area contributed by atoms with E-state index in [1.54, 1.807) is 6.33 Å². The zero-order valence-electron chi connectivity index (χ0n) is 9.97. The molecule has 1 aromatic heterocycles. The van der Waals surface area contributed by atoms with E-state index >= 15 is 0 Å². The molecular formula is C12H19N5. The van der Waals surface area contributed by atoms with Crippen molar-refractivity contribution in [3.05, 3.63) is 12.4 Å². The van der Waals surface area contributed by atoms with Gasteiger partial charge in [-0.15, -0.1) is 0 Å². The number of nitrogens with one attached hydrogen (secondary N) is 1. The van der Waals surface area contributed by atoms with Crippen molar-refractivity contribution in [1.82, 2.24) is 9.97 Å². The number of hydrogen-bond acceptors (Lipinski definition) is 5. The average molecular weight is 233 g/mol. The van der Waals surface area contributed by atoms with Gasteiger partial charge in [0.05, 0.1) is 0 Å². The van der Waals surface area contributed by atoms with Crippen LogP contribution in [-0.2, 0) is 0 Å². The number of nitrogens with zero attached hydrogens (tertiary/aromatic N) is 3. The molecule has 5 nitrogen and oxygen atoms in total. The molecule has 3 rings (SSSR count). The van der Waals surface area contributed by atoms with E-state index in [0.717, 1.165) is 37.6 Å². The standard InChI is InChI=1S/C12H19N5/c13-9-2-1-5-17(7-9)12-6-11(14-8-15-12)16-10-3-4-10/h6,8-10H,1-5,7,13H2,(H,14,15,16). The molecule has 0 bridgehead atoms. The fraction of sp³-hybridized carbons (Fsp3) is 0.667. The molecular weight excluding hydrogens is 214 g/mol. The van der Waals surface area contributed by atoms with Gasteiger partial charge >= 0.3 is 0 Å². The molecule has 17 heavy (non-hydrogen) atoms. The summed E-state index contributed by atoms with van der Waals surface area (Å²) in [5, 5.41) is 3.40. The molecule has 2 fully saturated rings. The predicted octanol–water partition coefficient (Wildman–Crippen LogP) is 0.978. The van der Waals surface area contributed by atoms with Crippen LogP contribution in [-0.4, -0.2) is 35.1 Å². The van der Waals surface area contributed by atoms with Gasteiger partial charge in [0.25, 0.3) is 0 Å². The third-order valence-corrected chi connectivity index (χ3v) is 3.36. The minimum Gasteiger partial charge on any atom is -0.367 e. The Morgan fingerprint density at radius 3 is 2.94 bits per heavy atom. The molecule has 92 valence electrons. The van der Waals surface area contributed by atoms with Crippen LogP contribution in [0.2, 0.25) is 0 Å². The largest absolute Gasteiger partial charge is 0.367 e. The predicted molar refractivity (Wildman–Crippen MR) is 68.1 cm³/mol. The summed E-state index contributed by atoms with van der Waals surface area (Å²) in [5.41, 5.74) is 5.99. The number of hydrogen-bond donors (Lipinski definition) is 2. The van der Waals surface area contributed by atoms with Gasteiger partial charge in [-0.3, -0.25) is 0 Å². The number of rotatable bonds is 3. The zero-order valence-corrected chi connectivity index (χ0v) is 9.97. The van der Waals surface area contributed by atoms with Crippen LogP contribution in [0.15, 0.2) is 12.4 Å². The van der Waals surface area contributed by atoms with Crippen LogP contribution in [0.5, 0.6) is 0 Å². The van der Waals surface area contributed by atoms with Crippen LogP contribution in [0.1, 0.15) is 25.7 Å². The molecule has 1 unspecified atom stereocenters. The first-order chi connectivity index (χ1) is 8.31. The first kappa shape index (κ1) is 10.8. The minimum atomic E-state index is 0.276. The molecule has 1 aliphatic carbocycles. The van der Waals surface area contributed by atoms with Gasteiger partial charge < -0.3 is 16.0 Å². The smallest absolute Gasteiger partial charge is 0.134 e. The average Bonchev–Trinajstić information content (AvgIpc) is 3.13. The molecule has 1 aliphatic heterocycles. The second-order valence-electron chi connectivity index (χ2n) is 5.03. The SMILES string of the molecule is NC1CCCN(c2cc(NC3CC3)ncn2)C1. The van der Waals surface area contributed by atoms with Gasteiger partial charge in [0.1, 0.15) is 18.0 Å². The minimum absolute atomic E-state index is 0.276. The van der Waals surface area contributed by atoms with Gasteiger partial charge in [-0.05, 0) is 25.7 Å². The Balaban J connectivity index is 1.72. The number of anilines is 2. The summed E-state index contributed by atoms with van der Waals surface area (Å²) in [6.07, 6.45) is 6.42. The number of piperidine rings is 1. The molecule has 1 saturated heterocycles. The molecule has 1 saturated carbocycles. The summed E-state index contributed by atoms with van der Waals surface area (Å²) in [4.78, 5) is 10.9. The van der Waals surface area contributed by atoms with E-state index in [1.165, 1.54) is 12.8 Å². The Hall–Kier alpha value is -1.36. The van der Waals surface area contributed by atoms with Crippen molar-refractivity contribution in [2.45, 2.75) is 37.8 Å². The lowest BCUT2D eigenvalue weighted by Crippen LogP contribution is -2.43.